The zero-order valence-electron chi connectivity index (χ0n) is 30.8. The minimum Gasteiger partial charge on any atom is -0.465 e. The minimum atomic E-state index is -1.04. The highest BCUT2D eigenvalue weighted by Crippen LogP contribution is 2.20. The number of aliphatic hydroxyl groups is 1. The van der Waals surface area contributed by atoms with E-state index < -0.39 is 65.8 Å². The van der Waals surface area contributed by atoms with Crippen molar-refractivity contribution in [3.8, 4) is 0 Å². The molecule has 2 aliphatic rings. The van der Waals surface area contributed by atoms with Crippen molar-refractivity contribution < 1.29 is 57.6 Å². The number of hydrogen-bond acceptors (Lipinski definition) is 12. The molecule has 51 heavy (non-hydrogen) atoms. The molecule has 0 bridgehead atoms. The van der Waals surface area contributed by atoms with Gasteiger partial charge in [0.1, 0.15) is 36.4 Å². The molecule has 1 N–H and O–H groups in total. The number of amides is 4. The number of piperazine rings is 1. The Kier molecular flexibility index (Phi) is 16.3. The number of aliphatic hydroxyl groups excluding tert-OH is 1. The quantitative estimate of drug-likeness (QED) is 0.261. The molecule has 1 saturated heterocycles. The summed E-state index contributed by atoms with van der Waals surface area (Å²) in [5.41, 5.74) is -0.466. The maximum absolute atomic E-state index is 12.9. The van der Waals surface area contributed by atoms with Crippen molar-refractivity contribution in [1.29, 1.82) is 0 Å². The Labute approximate surface area is 299 Å². The van der Waals surface area contributed by atoms with E-state index in [1.165, 1.54) is 32.0 Å². The lowest BCUT2D eigenvalue weighted by molar-refractivity contribution is -0.154. The first-order chi connectivity index (χ1) is 23.9. The summed E-state index contributed by atoms with van der Waals surface area (Å²) in [5.74, 6) is -1.98. The van der Waals surface area contributed by atoms with Crippen LogP contribution in [-0.2, 0) is 49.5 Å². The average molecular weight is 721 g/mol. The highest BCUT2D eigenvalue weighted by Gasteiger charge is 2.40. The van der Waals surface area contributed by atoms with Gasteiger partial charge in [-0.25, -0.2) is 9.59 Å². The highest BCUT2D eigenvalue weighted by atomic mass is 16.6. The normalized spacial score (nSPS) is 17.7. The Balaban J connectivity index is 0.000000368. The molecule has 0 spiro atoms. The fourth-order valence-corrected chi connectivity index (χ4v) is 4.71. The molecule has 3 rings (SSSR count). The Morgan fingerprint density at radius 2 is 1.33 bits per heavy atom. The molecule has 2 heterocycles. The van der Waals surface area contributed by atoms with Crippen LogP contribution in [0.5, 0.6) is 0 Å². The standard InChI is InChI=1S/C21H28N2O6.C14H24N2O6/c1-5-28-18(24)13-22-11-12-23(20(26)29-21(2,3)4)17(19(22)25)15-27-14-16-9-7-6-8-10-16;1-5-21-11(18)8-15-6-7-16(10(9-17)12(15)19)13(20)22-14(2,3)4/h6-12,17H,5,13-15H2,1-4H3;10,17H,5-9H2,1-4H3/t17-;10-/m00/s1. The number of ether oxygens (including phenoxy) is 5. The summed E-state index contributed by atoms with van der Waals surface area (Å²) in [6, 6.07) is 7.49. The molecular formula is C35H52N4O12. The van der Waals surface area contributed by atoms with Crippen LogP contribution in [0.2, 0.25) is 0 Å². The van der Waals surface area contributed by atoms with E-state index in [4.69, 9.17) is 23.7 Å². The third-order valence-corrected chi connectivity index (χ3v) is 6.92. The first-order valence-electron chi connectivity index (χ1n) is 16.7. The average Bonchev–Trinajstić information content (AvgIpc) is 3.03. The number of hydrogen-bond donors (Lipinski definition) is 1. The molecule has 16 heteroatoms. The van der Waals surface area contributed by atoms with Gasteiger partial charge in [0.05, 0.1) is 33.0 Å². The molecule has 2 aliphatic heterocycles. The third-order valence-electron chi connectivity index (χ3n) is 6.92. The Morgan fingerprint density at radius 1 is 0.765 bits per heavy atom. The summed E-state index contributed by atoms with van der Waals surface area (Å²) >= 11 is 0. The van der Waals surface area contributed by atoms with Crippen LogP contribution < -0.4 is 0 Å². The van der Waals surface area contributed by atoms with Gasteiger partial charge in [0.15, 0.2) is 0 Å². The van der Waals surface area contributed by atoms with Gasteiger partial charge in [0.2, 0.25) is 5.91 Å². The van der Waals surface area contributed by atoms with E-state index in [2.05, 4.69) is 0 Å². The van der Waals surface area contributed by atoms with Crippen LogP contribution in [-0.4, -0.2) is 137 Å². The van der Waals surface area contributed by atoms with Crippen molar-refractivity contribution in [3.63, 3.8) is 0 Å². The minimum absolute atomic E-state index is 0.0450. The van der Waals surface area contributed by atoms with Crippen LogP contribution >= 0.6 is 0 Å². The zero-order chi connectivity index (χ0) is 38.4. The second kappa shape index (κ2) is 19.6. The van der Waals surface area contributed by atoms with Crippen LogP contribution in [0.3, 0.4) is 0 Å². The number of esters is 2. The molecule has 1 aromatic carbocycles. The summed E-state index contributed by atoms with van der Waals surface area (Å²) in [5, 5.41) is 9.42. The van der Waals surface area contributed by atoms with Gasteiger partial charge in [-0.3, -0.25) is 29.0 Å². The topological polar surface area (TPSA) is 182 Å². The van der Waals surface area contributed by atoms with Crippen LogP contribution in [0.15, 0.2) is 42.7 Å². The predicted molar refractivity (Wildman–Crippen MR) is 182 cm³/mol. The molecular weight excluding hydrogens is 668 g/mol. The van der Waals surface area contributed by atoms with Crippen LogP contribution in [0.25, 0.3) is 0 Å². The van der Waals surface area contributed by atoms with Crippen LogP contribution in [0.1, 0.15) is 61.0 Å². The van der Waals surface area contributed by atoms with Gasteiger partial charge in [-0.15, -0.1) is 0 Å². The van der Waals surface area contributed by atoms with Crippen molar-refractivity contribution in [2.45, 2.75) is 85.3 Å². The summed E-state index contributed by atoms with van der Waals surface area (Å²) < 4.78 is 26.0. The number of nitrogens with zero attached hydrogens (tertiary/aromatic N) is 4. The van der Waals surface area contributed by atoms with Crippen molar-refractivity contribution in [2.75, 3.05) is 52.6 Å². The molecule has 4 amide bonds. The molecule has 0 radical (unpaired) electrons. The largest absolute Gasteiger partial charge is 0.465 e. The van der Waals surface area contributed by atoms with Gasteiger partial charge in [0.25, 0.3) is 5.91 Å². The van der Waals surface area contributed by atoms with E-state index in [1.54, 1.807) is 55.4 Å². The summed E-state index contributed by atoms with van der Waals surface area (Å²) in [4.78, 5) is 78.0. The van der Waals surface area contributed by atoms with Crippen molar-refractivity contribution in [1.82, 2.24) is 19.6 Å². The van der Waals surface area contributed by atoms with Crippen molar-refractivity contribution in [3.05, 3.63) is 48.3 Å². The van der Waals surface area contributed by atoms with Crippen molar-refractivity contribution >= 4 is 35.9 Å². The van der Waals surface area contributed by atoms with Gasteiger partial charge in [-0.1, -0.05) is 30.3 Å². The van der Waals surface area contributed by atoms with Gasteiger partial charge >= 0.3 is 24.1 Å². The van der Waals surface area contributed by atoms with E-state index in [-0.39, 0.29) is 52.6 Å². The molecule has 16 nitrogen and oxygen atoms in total. The monoisotopic (exact) mass is 720 g/mol. The maximum Gasteiger partial charge on any atom is 0.415 e. The van der Waals surface area contributed by atoms with Crippen LogP contribution in [0.4, 0.5) is 9.59 Å². The molecule has 2 atom stereocenters. The fraction of sp³-hybridized carbons (Fsp3) is 0.600. The molecule has 0 aromatic heterocycles. The van der Waals surface area contributed by atoms with Crippen LogP contribution in [0, 0.1) is 0 Å². The predicted octanol–water partition coefficient (Wildman–Crippen LogP) is 2.68. The lowest BCUT2D eigenvalue weighted by atomic mass is 10.1. The van der Waals surface area contributed by atoms with Gasteiger partial charge in [-0.05, 0) is 61.0 Å². The lowest BCUT2D eigenvalue weighted by Gasteiger charge is -2.39. The number of benzene rings is 1. The summed E-state index contributed by atoms with van der Waals surface area (Å²) in [6.07, 6.45) is 1.48. The SMILES string of the molecule is CCOC(=O)CN1C=CN(C(=O)OC(C)(C)C)[C@@H](COCc2ccccc2)C1=O.CCOC(=O)CN1CCN(C(=O)OC(C)(C)C)[C@@H](CO)C1=O. The molecule has 0 unspecified atom stereocenters. The number of carbonyl (C=O) groups is 6. The summed E-state index contributed by atoms with van der Waals surface area (Å²) in [6.45, 7) is 13.9. The molecule has 284 valence electrons. The van der Waals surface area contributed by atoms with Gasteiger partial charge < -0.3 is 38.6 Å². The Bertz CT molecular complexity index is 1370. The number of rotatable bonds is 11. The maximum atomic E-state index is 12.9. The van der Waals surface area contributed by atoms with Crippen molar-refractivity contribution in [2.24, 2.45) is 0 Å². The van der Waals surface area contributed by atoms with E-state index >= 15 is 0 Å². The lowest BCUT2D eigenvalue weighted by Crippen LogP contribution is -2.61. The highest BCUT2D eigenvalue weighted by molar-refractivity contribution is 5.91. The third kappa shape index (κ3) is 14.2. The smallest absolute Gasteiger partial charge is 0.415 e. The van der Waals surface area contributed by atoms with Gasteiger partial charge in [0, 0.05) is 25.5 Å². The fourth-order valence-electron chi connectivity index (χ4n) is 4.71. The Morgan fingerprint density at radius 3 is 1.88 bits per heavy atom. The molecule has 1 aromatic rings. The second-order valence-electron chi connectivity index (χ2n) is 13.4. The summed E-state index contributed by atoms with van der Waals surface area (Å²) in [7, 11) is 0. The number of carbonyl (C=O) groups excluding carboxylic acids is 6. The molecule has 0 saturated carbocycles. The van der Waals surface area contributed by atoms with E-state index in [0.29, 0.717) is 0 Å². The first kappa shape index (κ1) is 42.5. The molecule has 1 fully saturated rings. The zero-order valence-corrected chi connectivity index (χ0v) is 30.8. The van der Waals surface area contributed by atoms with E-state index in [1.807, 2.05) is 30.3 Å². The first-order valence-corrected chi connectivity index (χ1v) is 16.7. The Hall–Kier alpha value is -4.70. The van der Waals surface area contributed by atoms with Gasteiger partial charge in [-0.2, -0.15) is 0 Å². The second-order valence-corrected chi connectivity index (χ2v) is 13.4. The van der Waals surface area contributed by atoms with E-state index in [0.717, 1.165) is 5.56 Å². The van der Waals surface area contributed by atoms with E-state index in [9.17, 15) is 33.9 Å². The molecule has 0 aliphatic carbocycles.